The Labute approximate surface area is 183 Å². The summed E-state index contributed by atoms with van der Waals surface area (Å²) in [6.45, 7) is 4.55. The molecule has 1 unspecified atom stereocenters. The molecule has 0 heterocycles. The van der Waals surface area contributed by atoms with Gasteiger partial charge in [-0.15, -0.1) is 0 Å². The SMILES string of the molecule is CCCCCCCCCCc1cccc(OPO)c1CCCCCCCCCC. The molecular weight excluding hydrogens is 375 g/mol. The number of unbranched alkanes of at least 4 members (excludes halogenated alkanes) is 14. The fourth-order valence-electron chi connectivity index (χ4n) is 4.16. The molecule has 0 saturated carbocycles. The second-order valence-corrected chi connectivity index (χ2v) is 8.92. The van der Waals surface area contributed by atoms with Gasteiger partial charge in [0.05, 0.1) is 0 Å². The molecule has 1 aromatic carbocycles. The first-order valence-corrected chi connectivity index (χ1v) is 13.4. The predicted molar refractivity (Wildman–Crippen MR) is 130 cm³/mol. The van der Waals surface area contributed by atoms with E-state index >= 15 is 0 Å². The monoisotopic (exact) mass is 422 g/mol. The van der Waals surface area contributed by atoms with E-state index in [1.807, 2.05) is 6.07 Å². The molecule has 0 saturated heterocycles. The molecule has 1 aromatic rings. The molecule has 0 bridgehead atoms. The molecule has 1 rings (SSSR count). The third-order valence-corrected chi connectivity index (χ3v) is 6.28. The van der Waals surface area contributed by atoms with Crippen molar-refractivity contribution in [2.24, 2.45) is 0 Å². The Kier molecular flexibility index (Phi) is 17.7. The van der Waals surface area contributed by atoms with Crippen LogP contribution in [0.25, 0.3) is 0 Å². The summed E-state index contributed by atoms with van der Waals surface area (Å²) in [5.41, 5.74) is 2.79. The van der Waals surface area contributed by atoms with Gasteiger partial charge < -0.3 is 9.42 Å². The fraction of sp³-hybridized carbons (Fsp3) is 0.769. The van der Waals surface area contributed by atoms with Crippen molar-refractivity contribution < 1.29 is 9.42 Å². The summed E-state index contributed by atoms with van der Waals surface area (Å²) >= 11 is 0. The first-order valence-electron chi connectivity index (χ1n) is 12.5. The zero-order valence-electron chi connectivity index (χ0n) is 19.3. The highest BCUT2D eigenvalue weighted by atomic mass is 31.1. The number of aryl methyl sites for hydroxylation is 1. The quantitative estimate of drug-likeness (QED) is 0.168. The maximum atomic E-state index is 9.29. The molecule has 1 N–H and O–H groups in total. The first kappa shape index (κ1) is 26.4. The molecule has 1 atom stereocenters. The Bertz CT molecular complexity index is 490. The number of hydrogen-bond acceptors (Lipinski definition) is 2. The normalized spacial score (nSPS) is 11.6. The molecule has 0 fully saturated rings. The van der Waals surface area contributed by atoms with Gasteiger partial charge in [-0.1, -0.05) is 116 Å². The van der Waals surface area contributed by atoms with Gasteiger partial charge in [-0.05, 0) is 42.9 Å². The lowest BCUT2D eigenvalue weighted by atomic mass is 9.95. The summed E-state index contributed by atoms with van der Waals surface area (Å²) in [7, 11) is -0.465. The topological polar surface area (TPSA) is 29.5 Å². The van der Waals surface area contributed by atoms with Crippen LogP contribution in [-0.2, 0) is 12.8 Å². The van der Waals surface area contributed by atoms with Gasteiger partial charge in [0, 0.05) is 0 Å². The van der Waals surface area contributed by atoms with Crippen LogP contribution >= 0.6 is 9.03 Å². The van der Waals surface area contributed by atoms with E-state index in [-0.39, 0.29) is 0 Å². The van der Waals surface area contributed by atoms with E-state index in [9.17, 15) is 4.89 Å². The Morgan fingerprint density at radius 1 is 0.655 bits per heavy atom. The molecule has 0 aliphatic heterocycles. The van der Waals surface area contributed by atoms with Crippen LogP contribution in [0.2, 0.25) is 0 Å². The van der Waals surface area contributed by atoms with Crippen molar-refractivity contribution in [1.29, 1.82) is 0 Å². The fourth-order valence-corrected chi connectivity index (χ4v) is 4.45. The minimum Gasteiger partial charge on any atom is -0.450 e. The van der Waals surface area contributed by atoms with Crippen LogP contribution in [-0.4, -0.2) is 4.89 Å². The highest BCUT2D eigenvalue weighted by Crippen LogP contribution is 2.29. The van der Waals surface area contributed by atoms with Crippen LogP contribution in [0.3, 0.4) is 0 Å². The van der Waals surface area contributed by atoms with Crippen molar-refractivity contribution in [2.45, 2.75) is 129 Å². The van der Waals surface area contributed by atoms with E-state index in [0.717, 1.165) is 18.6 Å². The van der Waals surface area contributed by atoms with Crippen LogP contribution in [0, 0.1) is 0 Å². The Morgan fingerprint density at radius 3 is 1.66 bits per heavy atom. The van der Waals surface area contributed by atoms with Crippen molar-refractivity contribution in [1.82, 2.24) is 0 Å². The smallest absolute Gasteiger partial charge is 0.212 e. The van der Waals surface area contributed by atoms with Gasteiger partial charge in [0.2, 0.25) is 9.03 Å². The molecule has 0 aliphatic rings. The number of hydrogen-bond donors (Lipinski definition) is 1. The highest BCUT2D eigenvalue weighted by molar-refractivity contribution is 7.25. The van der Waals surface area contributed by atoms with E-state index in [1.165, 1.54) is 114 Å². The van der Waals surface area contributed by atoms with Crippen LogP contribution in [0.15, 0.2) is 18.2 Å². The van der Waals surface area contributed by atoms with E-state index in [0.29, 0.717) is 0 Å². The summed E-state index contributed by atoms with van der Waals surface area (Å²) < 4.78 is 5.57. The van der Waals surface area contributed by atoms with Crippen LogP contribution in [0.1, 0.15) is 128 Å². The van der Waals surface area contributed by atoms with Crippen molar-refractivity contribution >= 4 is 9.03 Å². The molecule has 3 heteroatoms. The van der Waals surface area contributed by atoms with Crippen LogP contribution in [0.4, 0.5) is 0 Å². The predicted octanol–water partition coefficient (Wildman–Crippen LogP) is 8.93. The summed E-state index contributed by atoms with van der Waals surface area (Å²) in [4.78, 5) is 9.29. The molecule has 0 radical (unpaired) electrons. The lowest BCUT2D eigenvalue weighted by molar-refractivity contribution is 0.506. The van der Waals surface area contributed by atoms with Crippen molar-refractivity contribution in [3.05, 3.63) is 29.3 Å². The summed E-state index contributed by atoms with van der Waals surface area (Å²) in [6.07, 6.45) is 23.9. The summed E-state index contributed by atoms with van der Waals surface area (Å²) in [5.74, 6) is 0.908. The van der Waals surface area contributed by atoms with E-state index in [2.05, 4.69) is 26.0 Å². The Morgan fingerprint density at radius 2 is 1.14 bits per heavy atom. The van der Waals surface area contributed by atoms with Gasteiger partial charge in [-0.25, -0.2) is 0 Å². The second-order valence-electron chi connectivity index (χ2n) is 8.54. The van der Waals surface area contributed by atoms with Gasteiger partial charge in [0.15, 0.2) is 0 Å². The highest BCUT2D eigenvalue weighted by Gasteiger charge is 2.10. The number of benzene rings is 1. The van der Waals surface area contributed by atoms with Crippen molar-refractivity contribution in [3.63, 3.8) is 0 Å². The minimum absolute atomic E-state index is 0.465. The lowest BCUT2D eigenvalue weighted by Gasteiger charge is -2.14. The Hall–Kier alpha value is -0.590. The average Bonchev–Trinajstić information content (AvgIpc) is 2.73. The van der Waals surface area contributed by atoms with Gasteiger partial charge in [0.25, 0.3) is 0 Å². The Balaban J connectivity index is 2.36. The molecule has 2 nitrogen and oxygen atoms in total. The molecular formula is C26H47O2P. The lowest BCUT2D eigenvalue weighted by Crippen LogP contribution is -1.98. The molecule has 0 spiro atoms. The zero-order chi connectivity index (χ0) is 21.0. The van der Waals surface area contributed by atoms with E-state index in [1.54, 1.807) is 0 Å². The molecule has 0 aromatic heterocycles. The van der Waals surface area contributed by atoms with Gasteiger partial charge in [0.1, 0.15) is 5.75 Å². The van der Waals surface area contributed by atoms with Crippen LogP contribution in [0.5, 0.6) is 5.75 Å². The average molecular weight is 423 g/mol. The first-order chi connectivity index (χ1) is 14.3. The van der Waals surface area contributed by atoms with Crippen LogP contribution < -0.4 is 4.52 Å². The third-order valence-electron chi connectivity index (χ3n) is 5.97. The van der Waals surface area contributed by atoms with Gasteiger partial charge >= 0.3 is 0 Å². The molecule has 29 heavy (non-hydrogen) atoms. The minimum atomic E-state index is -0.465. The van der Waals surface area contributed by atoms with Gasteiger partial charge in [-0.2, -0.15) is 0 Å². The maximum Gasteiger partial charge on any atom is 0.212 e. The van der Waals surface area contributed by atoms with Crippen molar-refractivity contribution in [2.75, 3.05) is 0 Å². The third kappa shape index (κ3) is 13.3. The largest absolute Gasteiger partial charge is 0.450 e. The van der Waals surface area contributed by atoms with E-state index in [4.69, 9.17) is 4.52 Å². The standard InChI is InChI=1S/C26H47O2P/c1-3-5-7-9-11-13-15-17-20-24-21-19-23-26(28-29-27)25(24)22-18-16-14-12-10-8-6-4-2/h19,21,23,27,29H,3-18,20,22H2,1-2H3. The summed E-state index contributed by atoms with van der Waals surface area (Å²) in [5, 5.41) is 0. The van der Waals surface area contributed by atoms with Gasteiger partial charge in [-0.3, -0.25) is 0 Å². The maximum absolute atomic E-state index is 9.29. The van der Waals surface area contributed by atoms with E-state index < -0.39 is 9.03 Å². The zero-order valence-corrected chi connectivity index (χ0v) is 20.3. The molecule has 168 valence electrons. The van der Waals surface area contributed by atoms with Crippen molar-refractivity contribution in [3.8, 4) is 5.75 Å². The second kappa shape index (κ2) is 19.4. The molecule has 0 aliphatic carbocycles. The number of rotatable bonds is 20. The summed E-state index contributed by atoms with van der Waals surface area (Å²) in [6, 6.07) is 6.39. The molecule has 0 amide bonds.